The minimum Gasteiger partial charge on any atom is -0.493 e. The van der Waals surface area contributed by atoms with E-state index in [1.807, 2.05) is 50.2 Å². The van der Waals surface area contributed by atoms with Crippen molar-refractivity contribution in [2.45, 2.75) is 38.5 Å². The average molecular weight is 473 g/mol. The highest BCUT2D eigenvalue weighted by atomic mass is 16.5. The third-order valence-corrected chi connectivity index (χ3v) is 7.08. The van der Waals surface area contributed by atoms with Crippen molar-refractivity contribution in [3.05, 3.63) is 101 Å². The molecule has 4 heteroatoms. The van der Waals surface area contributed by atoms with E-state index in [9.17, 15) is 4.79 Å². The number of carbonyl (C=O) groups excluding carboxylic acids is 1. The third-order valence-electron chi connectivity index (χ3n) is 7.08. The first-order valence-electron chi connectivity index (χ1n) is 12.9. The van der Waals surface area contributed by atoms with E-state index in [0.29, 0.717) is 0 Å². The predicted octanol–water partition coefficient (Wildman–Crippen LogP) is 5.27. The lowest BCUT2D eigenvalue weighted by Crippen LogP contribution is -2.40. The predicted molar refractivity (Wildman–Crippen MR) is 145 cm³/mol. The number of benzene rings is 3. The first-order chi connectivity index (χ1) is 17.3. The van der Waals surface area contributed by atoms with Crippen molar-refractivity contribution in [3.63, 3.8) is 0 Å². The van der Waals surface area contributed by atoms with Gasteiger partial charge in [-0.15, -0.1) is 0 Å². The number of fused-ring (bicyclic) bond motifs is 1. The van der Waals surface area contributed by atoms with Crippen molar-refractivity contribution in [1.82, 2.24) is 4.90 Å². The smallest absolute Gasteiger partial charge is 0.135 e. The Morgan fingerprint density at radius 3 is 2.20 bits per heavy atom. The highest BCUT2D eigenvalue weighted by molar-refractivity contribution is 5.76. The van der Waals surface area contributed by atoms with E-state index < -0.39 is 5.41 Å². The van der Waals surface area contributed by atoms with Gasteiger partial charge in [-0.2, -0.15) is 0 Å². The fourth-order valence-corrected chi connectivity index (χ4v) is 5.39. The van der Waals surface area contributed by atoms with E-state index >= 15 is 0 Å². The van der Waals surface area contributed by atoms with Gasteiger partial charge in [0.05, 0.1) is 12.0 Å². The van der Waals surface area contributed by atoms with E-state index in [1.165, 1.54) is 24.5 Å². The number of nitrogens with zero attached hydrogens (tertiary/aromatic N) is 1. The van der Waals surface area contributed by atoms with Crippen LogP contribution in [0.15, 0.2) is 78.9 Å². The topological polar surface area (TPSA) is 55.6 Å². The maximum absolute atomic E-state index is 12.8. The van der Waals surface area contributed by atoms with E-state index in [1.54, 1.807) is 0 Å². The van der Waals surface area contributed by atoms with Crippen molar-refractivity contribution in [3.8, 4) is 5.75 Å². The van der Waals surface area contributed by atoms with Gasteiger partial charge in [0.25, 0.3) is 0 Å². The lowest BCUT2D eigenvalue weighted by Gasteiger charge is -2.35. The molecule has 3 aromatic carbocycles. The molecular formula is C31H40N2O2. The monoisotopic (exact) mass is 472 g/mol. The highest BCUT2D eigenvalue weighted by Gasteiger charge is 2.44. The Kier molecular flexibility index (Phi) is 10.1. The molecule has 5 rings (SSSR count). The van der Waals surface area contributed by atoms with Gasteiger partial charge >= 0.3 is 0 Å². The number of ether oxygens (including phenoxy) is 1. The maximum Gasteiger partial charge on any atom is 0.135 e. The van der Waals surface area contributed by atoms with Crippen LogP contribution in [0.25, 0.3) is 0 Å². The average Bonchev–Trinajstić information content (AvgIpc) is 3.62. The van der Waals surface area contributed by atoms with Crippen LogP contribution in [0.5, 0.6) is 5.75 Å². The molecule has 0 saturated carbocycles. The second kappa shape index (κ2) is 13.2. The van der Waals surface area contributed by atoms with E-state index in [-0.39, 0.29) is 5.92 Å². The van der Waals surface area contributed by atoms with Gasteiger partial charge in [-0.25, -0.2) is 0 Å². The van der Waals surface area contributed by atoms with Gasteiger partial charge in [0.2, 0.25) is 0 Å². The van der Waals surface area contributed by atoms with Crippen LogP contribution in [0.1, 0.15) is 42.5 Å². The summed E-state index contributed by atoms with van der Waals surface area (Å²) >= 11 is 0. The minimum atomic E-state index is -0.595. The molecule has 1 unspecified atom stereocenters. The van der Waals surface area contributed by atoms with Crippen LogP contribution in [0.4, 0.5) is 0 Å². The first-order valence-corrected chi connectivity index (χ1v) is 12.9. The van der Waals surface area contributed by atoms with Crippen LogP contribution >= 0.6 is 0 Å². The van der Waals surface area contributed by atoms with Crippen molar-refractivity contribution in [2.75, 3.05) is 33.3 Å². The molecule has 3 aromatic rings. The summed E-state index contributed by atoms with van der Waals surface area (Å²) < 4.78 is 5.64. The molecule has 0 aliphatic carbocycles. The zero-order valence-electron chi connectivity index (χ0n) is 21.5. The molecule has 2 aliphatic heterocycles. The number of nitrogens with two attached hydrogens (primary N) is 1. The second-order valence-electron chi connectivity index (χ2n) is 8.80. The fourth-order valence-electron chi connectivity index (χ4n) is 5.39. The standard InChI is InChI=1S/C28H29NO2.C2H6.CH5N/c30-21-28(24-7-3-1-4-8-24,25-9-5-2-6-10-25)26-14-17-29(20-26)16-13-22-11-12-27-23(19-22)15-18-31-27;2*1-2/h1-12,19,21,26H,13-18,20H2;1-2H3;2H2,1H3. The van der Waals surface area contributed by atoms with Crippen LogP contribution in [0, 0.1) is 5.92 Å². The van der Waals surface area contributed by atoms with Gasteiger partial charge in [0.15, 0.2) is 0 Å². The Morgan fingerprint density at radius 2 is 1.60 bits per heavy atom. The number of rotatable bonds is 7. The molecule has 0 amide bonds. The number of likely N-dealkylation sites (tertiary alicyclic amines) is 1. The van der Waals surface area contributed by atoms with E-state index in [4.69, 9.17) is 4.74 Å². The molecule has 1 saturated heterocycles. The summed E-state index contributed by atoms with van der Waals surface area (Å²) in [6.07, 6.45) is 4.28. The molecule has 0 bridgehead atoms. The molecule has 0 aromatic heterocycles. The molecule has 4 nitrogen and oxygen atoms in total. The van der Waals surface area contributed by atoms with Crippen LogP contribution in [-0.4, -0.2) is 44.5 Å². The lowest BCUT2D eigenvalue weighted by molar-refractivity contribution is -0.112. The van der Waals surface area contributed by atoms with Crippen molar-refractivity contribution < 1.29 is 9.53 Å². The molecule has 35 heavy (non-hydrogen) atoms. The summed E-state index contributed by atoms with van der Waals surface area (Å²) in [5.74, 6) is 1.31. The lowest BCUT2D eigenvalue weighted by atomic mass is 9.66. The molecule has 2 N–H and O–H groups in total. The largest absolute Gasteiger partial charge is 0.493 e. The Labute approximate surface area is 211 Å². The number of aldehydes is 1. The summed E-state index contributed by atoms with van der Waals surface area (Å²) in [6.45, 7) is 7.80. The summed E-state index contributed by atoms with van der Waals surface area (Å²) in [4.78, 5) is 15.3. The zero-order chi connectivity index (χ0) is 25.1. The van der Waals surface area contributed by atoms with Crippen LogP contribution in [-0.2, 0) is 23.1 Å². The van der Waals surface area contributed by atoms with Gasteiger partial charge < -0.3 is 20.2 Å². The molecule has 1 fully saturated rings. The van der Waals surface area contributed by atoms with Crippen molar-refractivity contribution >= 4 is 6.29 Å². The first kappa shape index (κ1) is 26.7. The highest BCUT2D eigenvalue weighted by Crippen LogP contribution is 2.42. The maximum atomic E-state index is 12.8. The zero-order valence-corrected chi connectivity index (χ0v) is 21.5. The number of carbonyl (C=O) groups is 1. The third kappa shape index (κ3) is 5.83. The molecule has 0 spiro atoms. The normalized spacial score (nSPS) is 16.7. The van der Waals surface area contributed by atoms with Crippen LogP contribution < -0.4 is 10.5 Å². The van der Waals surface area contributed by atoms with Gasteiger partial charge in [0.1, 0.15) is 12.0 Å². The van der Waals surface area contributed by atoms with E-state index in [0.717, 1.165) is 62.4 Å². The van der Waals surface area contributed by atoms with Gasteiger partial charge in [-0.05, 0) is 60.7 Å². The Balaban J connectivity index is 0.000000815. The SMILES string of the molecule is CC.CN.O=CC(c1ccccc1)(c1ccccc1)C1CCN(CCc2ccc3c(c2)CCO3)C1. The summed E-state index contributed by atoms with van der Waals surface area (Å²) in [5.41, 5.74) is 8.82. The van der Waals surface area contributed by atoms with Crippen molar-refractivity contribution in [1.29, 1.82) is 0 Å². The molecule has 0 radical (unpaired) electrons. The Hall–Kier alpha value is -2.95. The molecule has 186 valence electrons. The molecule has 2 heterocycles. The summed E-state index contributed by atoms with van der Waals surface area (Å²) in [7, 11) is 1.50. The quantitative estimate of drug-likeness (QED) is 0.476. The van der Waals surface area contributed by atoms with Crippen LogP contribution in [0.3, 0.4) is 0 Å². The molecule has 2 aliphatic rings. The summed E-state index contributed by atoms with van der Waals surface area (Å²) in [6, 6.07) is 27.3. The van der Waals surface area contributed by atoms with E-state index in [2.05, 4.69) is 53.1 Å². The fraction of sp³-hybridized carbons (Fsp3) is 0.387. The number of hydrogen-bond acceptors (Lipinski definition) is 4. The van der Waals surface area contributed by atoms with Gasteiger partial charge in [-0.3, -0.25) is 0 Å². The number of hydrogen-bond donors (Lipinski definition) is 1. The van der Waals surface area contributed by atoms with Crippen LogP contribution in [0.2, 0.25) is 0 Å². The second-order valence-corrected chi connectivity index (χ2v) is 8.80. The van der Waals surface area contributed by atoms with Crippen molar-refractivity contribution in [2.24, 2.45) is 11.7 Å². The van der Waals surface area contributed by atoms with Gasteiger partial charge in [0, 0.05) is 19.5 Å². The Bertz CT molecular complexity index is 997. The molecule has 1 atom stereocenters. The Morgan fingerprint density at radius 1 is 0.971 bits per heavy atom. The van der Waals surface area contributed by atoms with Gasteiger partial charge in [-0.1, -0.05) is 86.6 Å². The molecular weight excluding hydrogens is 432 g/mol. The summed E-state index contributed by atoms with van der Waals surface area (Å²) in [5, 5.41) is 0. The minimum absolute atomic E-state index is 0.267.